The van der Waals surface area contributed by atoms with Crippen molar-refractivity contribution in [3.8, 4) is 0 Å². The third-order valence-electron chi connectivity index (χ3n) is 1.84. The minimum absolute atomic E-state index is 0.0806. The Balaban J connectivity index is 3.79. The molecule has 0 saturated carbocycles. The molecule has 0 aromatic carbocycles. The van der Waals surface area contributed by atoms with E-state index < -0.39 is 5.97 Å². The number of hydrogen-bond donors (Lipinski definition) is 2. The zero-order valence-electron chi connectivity index (χ0n) is 8.95. The van der Waals surface area contributed by atoms with Gasteiger partial charge in [0.2, 0.25) is 11.8 Å². The number of carboxylic acid groups (broad SMARTS) is 1. The van der Waals surface area contributed by atoms with Crippen LogP contribution in [-0.4, -0.2) is 47.9 Å². The summed E-state index contributed by atoms with van der Waals surface area (Å²) in [6.45, 7) is 1.76. The Labute approximate surface area is 88.2 Å². The minimum atomic E-state index is -0.952. The molecule has 0 unspecified atom stereocenters. The van der Waals surface area contributed by atoms with Crippen molar-refractivity contribution >= 4 is 17.8 Å². The maximum absolute atomic E-state index is 11.3. The lowest BCUT2D eigenvalue weighted by Gasteiger charge is -2.15. The molecule has 0 aromatic heterocycles. The van der Waals surface area contributed by atoms with Crippen LogP contribution in [0.1, 0.15) is 19.8 Å². The smallest absolute Gasteiger partial charge is 0.305 e. The summed E-state index contributed by atoms with van der Waals surface area (Å²) in [4.78, 5) is 33.6. The number of aliphatic carboxylic acids is 1. The van der Waals surface area contributed by atoms with Crippen LogP contribution in [0.2, 0.25) is 0 Å². The number of nitrogens with zero attached hydrogens (tertiary/aromatic N) is 1. The van der Waals surface area contributed by atoms with Crippen molar-refractivity contribution in [2.45, 2.75) is 19.8 Å². The Bertz CT molecular complexity index is 252. The predicted octanol–water partition coefficient (Wildman–Crippen LogP) is -0.554. The number of amides is 2. The van der Waals surface area contributed by atoms with Gasteiger partial charge in [0, 0.05) is 20.0 Å². The van der Waals surface area contributed by atoms with Crippen LogP contribution in [0.25, 0.3) is 0 Å². The summed E-state index contributed by atoms with van der Waals surface area (Å²) < 4.78 is 0. The summed E-state index contributed by atoms with van der Waals surface area (Å²) in [7, 11) is 1.50. The molecule has 15 heavy (non-hydrogen) atoms. The Morgan fingerprint density at radius 3 is 2.40 bits per heavy atom. The summed E-state index contributed by atoms with van der Waals surface area (Å²) in [5, 5.41) is 10.8. The fourth-order valence-corrected chi connectivity index (χ4v) is 0.822. The van der Waals surface area contributed by atoms with Crippen LogP contribution in [0, 0.1) is 0 Å². The highest BCUT2D eigenvalue weighted by molar-refractivity contribution is 5.84. The Morgan fingerprint density at radius 2 is 1.93 bits per heavy atom. The van der Waals surface area contributed by atoms with Crippen LogP contribution >= 0.6 is 0 Å². The third-order valence-corrected chi connectivity index (χ3v) is 1.84. The van der Waals surface area contributed by atoms with Crippen molar-refractivity contribution in [2.24, 2.45) is 0 Å². The first-order valence-corrected chi connectivity index (χ1v) is 4.69. The second-order valence-electron chi connectivity index (χ2n) is 3.09. The lowest BCUT2D eigenvalue weighted by Crippen LogP contribution is -2.38. The van der Waals surface area contributed by atoms with Gasteiger partial charge in [0.15, 0.2) is 0 Å². The SMILES string of the molecule is CCC(=O)NCC(=O)N(C)CCC(=O)O. The summed E-state index contributed by atoms with van der Waals surface area (Å²) in [5.74, 6) is -1.44. The molecule has 86 valence electrons. The van der Waals surface area contributed by atoms with Crippen LogP contribution in [-0.2, 0) is 14.4 Å². The van der Waals surface area contributed by atoms with Crippen molar-refractivity contribution in [1.29, 1.82) is 0 Å². The molecule has 2 amide bonds. The molecule has 0 fully saturated rings. The zero-order valence-corrected chi connectivity index (χ0v) is 8.95. The van der Waals surface area contributed by atoms with Gasteiger partial charge in [-0.2, -0.15) is 0 Å². The van der Waals surface area contributed by atoms with Gasteiger partial charge in [-0.3, -0.25) is 14.4 Å². The first kappa shape index (κ1) is 13.4. The Kier molecular flexibility index (Phi) is 6.08. The molecule has 0 aliphatic rings. The molecule has 0 bridgehead atoms. The largest absolute Gasteiger partial charge is 0.481 e. The second kappa shape index (κ2) is 6.80. The lowest BCUT2D eigenvalue weighted by molar-refractivity contribution is -0.138. The van der Waals surface area contributed by atoms with Crippen molar-refractivity contribution in [2.75, 3.05) is 20.1 Å². The molecular formula is C9H16N2O4. The number of rotatable bonds is 6. The van der Waals surface area contributed by atoms with E-state index in [0.29, 0.717) is 6.42 Å². The molecule has 0 rings (SSSR count). The van der Waals surface area contributed by atoms with E-state index in [1.54, 1.807) is 6.92 Å². The van der Waals surface area contributed by atoms with Gasteiger partial charge in [-0.15, -0.1) is 0 Å². The number of hydrogen-bond acceptors (Lipinski definition) is 3. The van der Waals surface area contributed by atoms with Crippen LogP contribution in [0.15, 0.2) is 0 Å². The van der Waals surface area contributed by atoms with Gasteiger partial charge >= 0.3 is 5.97 Å². The van der Waals surface area contributed by atoms with Gasteiger partial charge in [0.25, 0.3) is 0 Å². The van der Waals surface area contributed by atoms with Gasteiger partial charge in [0.1, 0.15) is 0 Å². The van der Waals surface area contributed by atoms with E-state index in [9.17, 15) is 14.4 Å². The molecule has 0 aliphatic carbocycles. The average molecular weight is 216 g/mol. The fourth-order valence-electron chi connectivity index (χ4n) is 0.822. The maximum Gasteiger partial charge on any atom is 0.305 e. The predicted molar refractivity (Wildman–Crippen MR) is 53.2 cm³/mol. The molecule has 0 saturated heterocycles. The normalized spacial score (nSPS) is 9.47. The summed E-state index contributed by atoms with van der Waals surface area (Å²) in [6.07, 6.45) is 0.232. The summed E-state index contributed by atoms with van der Waals surface area (Å²) in [5.41, 5.74) is 0. The van der Waals surface area contributed by atoms with Gasteiger partial charge in [-0.25, -0.2) is 0 Å². The molecular weight excluding hydrogens is 200 g/mol. The highest BCUT2D eigenvalue weighted by atomic mass is 16.4. The topological polar surface area (TPSA) is 86.7 Å². The average Bonchev–Trinajstić information content (AvgIpc) is 2.21. The number of carboxylic acids is 1. The van der Waals surface area contributed by atoms with E-state index in [1.165, 1.54) is 11.9 Å². The Morgan fingerprint density at radius 1 is 1.33 bits per heavy atom. The van der Waals surface area contributed by atoms with Gasteiger partial charge in [-0.1, -0.05) is 6.92 Å². The minimum Gasteiger partial charge on any atom is -0.481 e. The molecule has 0 aromatic rings. The molecule has 2 N–H and O–H groups in total. The second-order valence-corrected chi connectivity index (χ2v) is 3.09. The first-order chi connectivity index (χ1) is 6.97. The number of carbonyl (C=O) groups excluding carboxylic acids is 2. The maximum atomic E-state index is 11.3. The van der Waals surface area contributed by atoms with E-state index in [0.717, 1.165) is 0 Å². The molecule has 0 radical (unpaired) electrons. The van der Waals surface area contributed by atoms with E-state index in [1.807, 2.05) is 0 Å². The van der Waals surface area contributed by atoms with Crippen LogP contribution < -0.4 is 5.32 Å². The monoisotopic (exact) mass is 216 g/mol. The quantitative estimate of drug-likeness (QED) is 0.623. The summed E-state index contributed by atoms with van der Waals surface area (Å²) in [6, 6.07) is 0. The number of nitrogens with one attached hydrogen (secondary N) is 1. The van der Waals surface area contributed by atoms with Gasteiger partial charge in [-0.05, 0) is 0 Å². The van der Waals surface area contributed by atoms with Crippen LogP contribution in [0.4, 0.5) is 0 Å². The third kappa shape index (κ3) is 6.48. The van der Waals surface area contributed by atoms with Crippen LogP contribution in [0.3, 0.4) is 0 Å². The van der Waals surface area contributed by atoms with Crippen molar-refractivity contribution in [1.82, 2.24) is 10.2 Å². The first-order valence-electron chi connectivity index (χ1n) is 4.69. The molecule has 6 nitrogen and oxygen atoms in total. The molecule has 0 atom stereocenters. The Hall–Kier alpha value is -1.59. The molecule has 6 heteroatoms. The van der Waals surface area contributed by atoms with Crippen molar-refractivity contribution in [3.05, 3.63) is 0 Å². The molecule has 0 spiro atoms. The van der Waals surface area contributed by atoms with Crippen molar-refractivity contribution < 1.29 is 19.5 Å². The van der Waals surface area contributed by atoms with Crippen molar-refractivity contribution in [3.63, 3.8) is 0 Å². The van der Waals surface area contributed by atoms with E-state index in [-0.39, 0.29) is 31.3 Å². The van der Waals surface area contributed by atoms with E-state index in [2.05, 4.69) is 5.32 Å². The van der Waals surface area contributed by atoms with Gasteiger partial charge in [0.05, 0.1) is 13.0 Å². The standard InChI is InChI=1S/C9H16N2O4/c1-3-7(12)10-6-8(13)11(2)5-4-9(14)15/h3-6H2,1-2H3,(H,10,12)(H,14,15). The number of carbonyl (C=O) groups is 3. The highest BCUT2D eigenvalue weighted by Crippen LogP contribution is 1.88. The van der Waals surface area contributed by atoms with E-state index in [4.69, 9.17) is 5.11 Å². The number of likely N-dealkylation sites (N-methyl/N-ethyl adjacent to an activating group) is 1. The zero-order chi connectivity index (χ0) is 11.8. The molecule has 0 aliphatic heterocycles. The van der Waals surface area contributed by atoms with Crippen LogP contribution in [0.5, 0.6) is 0 Å². The van der Waals surface area contributed by atoms with Gasteiger partial charge < -0.3 is 15.3 Å². The fraction of sp³-hybridized carbons (Fsp3) is 0.667. The highest BCUT2D eigenvalue weighted by Gasteiger charge is 2.10. The summed E-state index contributed by atoms with van der Waals surface area (Å²) >= 11 is 0. The van der Waals surface area contributed by atoms with E-state index >= 15 is 0 Å². The molecule has 0 heterocycles. The lowest BCUT2D eigenvalue weighted by atomic mass is 10.4.